The summed E-state index contributed by atoms with van der Waals surface area (Å²) >= 11 is 1.43. The molecule has 0 aliphatic carbocycles. The molecule has 4 nitrogen and oxygen atoms in total. The molecule has 3 aromatic rings. The fraction of sp³-hybridized carbons (Fsp3) is 0.133. The zero-order valence-corrected chi connectivity index (χ0v) is 13.6. The summed E-state index contributed by atoms with van der Waals surface area (Å²) in [5.41, 5.74) is 2.20. The van der Waals surface area contributed by atoms with Crippen molar-refractivity contribution in [2.24, 2.45) is 5.10 Å². The van der Waals surface area contributed by atoms with E-state index in [0.29, 0.717) is 16.4 Å². The van der Waals surface area contributed by atoms with E-state index in [2.05, 4.69) is 20.5 Å². The van der Waals surface area contributed by atoms with E-state index in [4.69, 9.17) is 0 Å². The minimum Gasteiger partial charge on any atom is -0.261 e. The van der Waals surface area contributed by atoms with Crippen LogP contribution in [-0.2, 0) is 0 Å². The largest absolute Gasteiger partial charge is 0.261 e. The van der Waals surface area contributed by atoms with Gasteiger partial charge in [-0.3, -0.25) is 5.43 Å². The number of anilines is 1. The van der Waals surface area contributed by atoms with E-state index in [1.807, 2.05) is 13.8 Å². The second-order valence-corrected chi connectivity index (χ2v) is 6.24. The molecule has 0 atom stereocenters. The lowest BCUT2D eigenvalue weighted by Crippen LogP contribution is -2.07. The molecule has 10 heteroatoms. The van der Waals surface area contributed by atoms with Crippen molar-refractivity contribution in [3.8, 4) is 0 Å². The molecule has 0 unspecified atom stereocenters. The summed E-state index contributed by atoms with van der Waals surface area (Å²) in [6.45, 7) is 3.74. The third-order valence-corrected chi connectivity index (χ3v) is 4.69. The third-order valence-electron chi connectivity index (χ3n) is 3.57. The summed E-state index contributed by atoms with van der Waals surface area (Å²) in [5.74, 6) is -9.95. The molecule has 0 aliphatic rings. The molecular formula is C15H9F5N4S. The Labute approximate surface area is 142 Å². The van der Waals surface area contributed by atoms with Crippen LogP contribution in [0, 0.1) is 42.9 Å². The monoisotopic (exact) mass is 372 g/mol. The van der Waals surface area contributed by atoms with E-state index in [9.17, 15) is 22.0 Å². The van der Waals surface area contributed by atoms with Crippen molar-refractivity contribution in [3.63, 3.8) is 0 Å². The van der Waals surface area contributed by atoms with Gasteiger partial charge in [0.1, 0.15) is 11.2 Å². The molecule has 25 heavy (non-hydrogen) atoms. The molecule has 0 saturated carbocycles. The maximum Gasteiger partial charge on any atom is 0.200 e. The second-order valence-electron chi connectivity index (χ2n) is 5.04. The standard InChI is InChI=1S/C15H9F5N4S/c1-5-6(2)25-15-8(5)14(21-4-22-15)24-23-3-7-9(16)11(18)13(20)12(19)10(7)17/h3-4H,1-2H3,(H,21,22,24)/b23-3-. The maximum atomic E-state index is 13.6. The van der Waals surface area contributed by atoms with Crippen molar-refractivity contribution in [2.45, 2.75) is 13.8 Å². The van der Waals surface area contributed by atoms with Gasteiger partial charge in [0, 0.05) is 4.88 Å². The Morgan fingerprint density at radius 3 is 2.20 bits per heavy atom. The van der Waals surface area contributed by atoms with E-state index in [1.54, 1.807) is 0 Å². The zero-order valence-electron chi connectivity index (χ0n) is 12.8. The number of aryl methyl sites for hydroxylation is 2. The number of hydrazone groups is 1. The first-order valence-electron chi connectivity index (χ1n) is 6.84. The zero-order chi connectivity index (χ0) is 18.3. The molecule has 0 amide bonds. The molecule has 3 rings (SSSR count). The van der Waals surface area contributed by atoms with Crippen molar-refractivity contribution in [1.29, 1.82) is 0 Å². The lowest BCUT2D eigenvalue weighted by Gasteiger charge is -2.05. The first-order chi connectivity index (χ1) is 11.8. The summed E-state index contributed by atoms with van der Waals surface area (Å²) in [7, 11) is 0. The minimum absolute atomic E-state index is 0.256. The second kappa shape index (κ2) is 6.36. The number of rotatable bonds is 3. The predicted octanol–water partition coefficient (Wildman–Crippen LogP) is 4.45. The van der Waals surface area contributed by atoms with Gasteiger partial charge in [-0.15, -0.1) is 11.3 Å². The molecule has 130 valence electrons. The Balaban J connectivity index is 1.98. The van der Waals surface area contributed by atoms with Crippen molar-refractivity contribution >= 4 is 33.6 Å². The van der Waals surface area contributed by atoms with Crippen molar-refractivity contribution in [1.82, 2.24) is 9.97 Å². The molecular weight excluding hydrogens is 363 g/mol. The highest BCUT2D eigenvalue weighted by Gasteiger charge is 2.24. The number of hydrogen-bond donors (Lipinski definition) is 1. The van der Waals surface area contributed by atoms with Gasteiger partial charge in [0.05, 0.1) is 17.2 Å². The molecule has 0 spiro atoms. The molecule has 0 aliphatic heterocycles. The normalized spacial score (nSPS) is 11.6. The molecule has 0 bridgehead atoms. The topological polar surface area (TPSA) is 50.2 Å². The summed E-state index contributed by atoms with van der Waals surface area (Å²) in [6.07, 6.45) is 1.78. The van der Waals surface area contributed by atoms with E-state index >= 15 is 0 Å². The summed E-state index contributed by atoms with van der Waals surface area (Å²) in [6, 6.07) is 0. The summed E-state index contributed by atoms with van der Waals surface area (Å²) in [4.78, 5) is 9.77. The predicted molar refractivity (Wildman–Crippen MR) is 84.3 cm³/mol. The van der Waals surface area contributed by atoms with E-state index in [0.717, 1.165) is 10.4 Å². The van der Waals surface area contributed by atoms with Gasteiger partial charge in [0.2, 0.25) is 5.82 Å². The van der Waals surface area contributed by atoms with Crippen molar-refractivity contribution < 1.29 is 22.0 Å². The molecule has 2 heterocycles. The van der Waals surface area contributed by atoms with Crippen molar-refractivity contribution in [2.75, 3.05) is 5.43 Å². The number of halogens is 5. The number of aromatic nitrogens is 2. The fourth-order valence-corrected chi connectivity index (χ4v) is 3.16. The van der Waals surface area contributed by atoms with Gasteiger partial charge in [-0.2, -0.15) is 5.10 Å². The van der Waals surface area contributed by atoms with Gasteiger partial charge < -0.3 is 0 Å². The number of nitrogens with one attached hydrogen (secondary N) is 1. The minimum atomic E-state index is -2.22. The molecule has 1 aromatic carbocycles. The molecule has 0 fully saturated rings. The van der Waals surface area contributed by atoms with Gasteiger partial charge in [-0.05, 0) is 19.4 Å². The van der Waals surface area contributed by atoms with Crippen LogP contribution < -0.4 is 5.43 Å². The average Bonchev–Trinajstić information content (AvgIpc) is 2.89. The first-order valence-corrected chi connectivity index (χ1v) is 7.65. The Hall–Kier alpha value is -2.62. The van der Waals surface area contributed by atoms with E-state index in [1.165, 1.54) is 17.7 Å². The molecule has 1 N–H and O–H groups in total. The average molecular weight is 372 g/mol. The number of fused-ring (bicyclic) bond motifs is 1. The molecule has 0 radical (unpaired) electrons. The van der Waals surface area contributed by atoms with Crippen molar-refractivity contribution in [3.05, 3.63) is 51.4 Å². The van der Waals surface area contributed by atoms with Crippen LogP contribution in [0.2, 0.25) is 0 Å². The van der Waals surface area contributed by atoms with Gasteiger partial charge in [0.25, 0.3) is 0 Å². The van der Waals surface area contributed by atoms with Crippen LogP contribution in [0.5, 0.6) is 0 Å². The lowest BCUT2D eigenvalue weighted by atomic mass is 10.2. The van der Waals surface area contributed by atoms with E-state index in [-0.39, 0.29) is 5.82 Å². The van der Waals surface area contributed by atoms with Crippen LogP contribution in [0.15, 0.2) is 11.4 Å². The Morgan fingerprint density at radius 1 is 0.960 bits per heavy atom. The quantitative estimate of drug-likeness (QED) is 0.243. The number of thiophene rings is 1. The Kier molecular flexibility index (Phi) is 4.38. The van der Waals surface area contributed by atoms with Crippen LogP contribution in [0.1, 0.15) is 16.0 Å². The smallest absolute Gasteiger partial charge is 0.200 e. The van der Waals surface area contributed by atoms with Crippen LogP contribution in [0.4, 0.5) is 27.8 Å². The first kappa shape index (κ1) is 17.2. The van der Waals surface area contributed by atoms with Gasteiger partial charge >= 0.3 is 0 Å². The highest BCUT2D eigenvalue weighted by molar-refractivity contribution is 7.18. The fourth-order valence-electron chi connectivity index (χ4n) is 2.16. The highest BCUT2D eigenvalue weighted by atomic mass is 32.1. The SMILES string of the molecule is Cc1sc2ncnc(N/N=C\c3c(F)c(F)c(F)c(F)c3F)c2c1C. The van der Waals surface area contributed by atoms with Crippen LogP contribution in [0.3, 0.4) is 0 Å². The Morgan fingerprint density at radius 2 is 1.56 bits per heavy atom. The van der Waals surface area contributed by atoms with Crippen LogP contribution in [-0.4, -0.2) is 16.2 Å². The maximum absolute atomic E-state index is 13.6. The van der Waals surface area contributed by atoms with Gasteiger partial charge in [-0.1, -0.05) is 0 Å². The number of hydrogen-bond acceptors (Lipinski definition) is 5. The number of benzene rings is 1. The summed E-state index contributed by atoms with van der Waals surface area (Å²) < 4.78 is 66.5. The van der Waals surface area contributed by atoms with E-state index < -0.39 is 34.6 Å². The lowest BCUT2D eigenvalue weighted by molar-refractivity contribution is 0.377. The summed E-state index contributed by atoms with van der Waals surface area (Å²) in [5, 5.41) is 4.22. The Bertz CT molecular complexity index is 986. The van der Waals surface area contributed by atoms with Crippen LogP contribution in [0.25, 0.3) is 10.2 Å². The molecule has 2 aromatic heterocycles. The molecule has 0 saturated heterocycles. The number of nitrogens with zero attached hydrogens (tertiary/aromatic N) is 3. The third kappa shape index (κ3) is 2.82. The highest BCUT2D eigenvalue weighted by Crippen LogP contribution is 2.32. The van der Waals surface area contributed by atoms with Crippen LogP contribution >= 0.6 is 11.3 Å². The van der Waals surface area contributed by atoms with Gasteiger partial charge in [0.15, 0.2) is 29.1 Å². The van der Waals surface area contributed by atoms with Gasteiger partial charge in [-0.25, -0.2) is 31.9 Å².